The highest BCUT2D eigenvalue weighted by Crippen LogP contribution is 2.27. The van der Waals surface area contributed by atoms with Crippen LogP contribution >= 0.6 is 11.3 Å². The SMILES string of the molecule is Cc1ccccc1C(=O)Nc1nnc(S(=O)(=O)N2CCN(c3cccc(C)c3C)CC2)s1. The zero-order chi connectivity index (χ0) is 22.9. The summed E-state index contributed by atoms with van der Waals surface area (Å²) in [7, 11) is -3.77. The predicted octanol–water partition coefficient (Wildman–Crippen LogP) is 3.23. The summed E-state index contributed by atoms with van der Waals surface area (Å²) in [6, 6.07) is 13.3. The van der Waals surface area contributed by atoms with Crippen molar-refractivity contribution < 1.29 is 13.2 Å². The van der Waals surface area contributed by atoms with Crippen molar-refractivity contribution in [2.24, 2.45) is 0 Å². The van der Waals surface area contributed by atoms with Crippen LogP contribution in [0.5, 0.6) is 0 Å². The molecule has 2 heterocycles. The molecule has 0 bridgehead atoms. The van der Waals surface area contributed by atoms with Crippen LogP contribution in [0.15, 0.2) is 46.8 Å². The summed E-state index contributed by atoms with van der Waals surface area (Å²) in [5.41, 5.74) is 4.89. The normalized spacial score (nSPS) is 15.0. The number of hydrogen-bond acceptors (Lipinski definition) is 7. The number of piperazine rings is 1. The van der Waals surface area contributed by atoms with E-state index in [0.717, 1.165) is 22.6 Å². The maximum absolute atomic E-state index is 13.1. The van der Waals surface area contributed by atoms with Gasteiger partial charge in [0, 0.05) is 37.4 Å². The Hall–Kier alpha value is -2.82. The molecule has 168 valence electrons. The van der Waals surface area contributed by atoms with Crippen LogP contribution in [-0.4, -0.2) is 55.0 Å². The van der Waals surface area contributed by atoms with Gasteiger partial charge in [-0.25, -0.2) is 8.42 Å². The Bertz CT molecular complexity index is 1250. The van der Waals surface area contributed by atoms with Gasteiger partial charge in [0.25, 0.3) is 15.9 Å². The molecule has 0 saturated carbocycles. The molecular weight excluding hydrogens is 446 g/mol. The molecule has 1 saturated heterocycles. The van der Waals surface area contributed by atoms with Crippen molar-refractivity contribution in [3.8, 4) is 0 Å². The highest BCUT2D eigenvalue weighted by molar-refractivity contribution is 7.91. The Kier molecular flexibility index (Phi) is 6.27. The number of nitrogens with one attached hydrogen (secondary N) is 1. The fourth-order valence-electron chi connectivity index (χ4n) is 3.71. The van der Waals surface area contributed by atoms with Gasteiger partial charge in [-0.05, 0) is 49.6 Å². The molecule has 0 aliphatic carbocycles. The second-order valence-corrected chi connectivity index (χ2v) is 10.8. The molecule has 1 aliphatic rings. The third kappa shape index (κ3) is 4.38. The van der Waals surface area contributed by atoms with Crippen LogP contribution in [-0.2, 0) is 10.0 Å². The molecule has 2 aromatic carbocycles. The molecule has 1 amide bonds. The minimum Gasteiger partial charge on any atom is -0.369 e. The lowest BCUT2D eigenvalue weighted by atomic mass is 10.1. The van der Waals surface area contributed by atoms with E-state index < -0.39 is 10.0 Å². The summed E-state index contributed by atoms with van der Waals surface area (Å²) in [5.74, 6) is -0.342. The molecule has 4 rings (SSSR count). The number of sulfonamides is 1. The molecule has 10 heteroatoms. The van der Waals surface area contributed by atoms with Gasteiger partial charge in [-0.3, -0.25) is 10.1 Å². The molecule has 1 aromatic heterocycles. The van der Waals surface area contributed by atoms with Gasteiger partial charge < -0.3 is 4.90 Å². The van der Waals surface area contributed by atoms with Gasteiger partial charge in [-0.1, -0.05) is 41.7 Å². The summed E-state index contributed by atoms with van der Waals surface area (Å²) >= 11 is 0.867. The highest BCUT2D eigenvalue weighted by atomic mass is 32.2. The number of aromatic nitrogens is 2. The molecular formula is C22H25N5O3S2. The Morgan fingerprint density at radius 3 is 2.34 bits per heavy atom. The van der Waals surface area contributed by atoms with Crippen molar-refractivity contribution in [1.82, 2.24) is 14.5 Å². The summed E-state index contributed by atoms with van der Waals surface area (Å²) in [4.78, 5) is 14.7. The van der Waals surface area contributed by atoms with Crippen LogP contribution in [0.4, 0.5) is 10.8 Å². The molecule has 0 unspecified atom stereocenters. The third-order valence-corrected chi connectivity index (χ3v) is 8.82. The van der Waals surface area contributed by atoms with E-state index in [2.05, 4.69) is 46.4 Å². The van der Waals surface area contributed by atoms with E-state index in [0.29, 0.717) is 31.7 Å². The monoisotopic (exact) mass is 471 g/mol. The van der Waals surface area contributed by atoms with Crippen molar-refractivity contribution in [2.45, 2.75) is 25.1 Å². The third-order valence-electron chi connectivity index (χ3n) is 5.73. The predicted molar refractivity (Wildman–Crippen MR) is 126 cm³/mol. The zero-order valence-corrected chi connectivity index (χ0v) is 19.8. The van der Waals surface area contributed by atoms with E-state index in [1.807, 2.05) is 25.1 Å². The lowest BCUT2D eigenvalue weighted by Crippen LogP contribution is -2.48. The summed E-state index contributed by atoms with van der Waals surface area (Å²) in [5, 5.41) is 10.5. The fourth-order valence-corrected chi connectivity index (χ4v) is 6.17. The van der Waals surface area contributed by atoms with Gasteiger partial charge >= 0.3 is 0 Å². The molecule has 32 heavy (non-hydrogen) atoms. The second kappa shape index (κ2) is 8.97. The first kappa shape index (κ1) is 22.4. The van der Waals surface area contributed by atoms with Crippen LogP contribution in [0.3, 0.4) is 0 Å². The maximum atomic E-state index is 13.1. The van der Waals surface area contributed by atoms with Crippen molar-refractivity contribution in [2.75, 3.05) is 36.4 Å². The first-order chi connectivity index (χ1) is 15.3. The lowest BCUT2D eigenvalue weighted by Gasteiger charge is -2.35. The van der Waals surface area contributed by atoms with E-state index >= 15 is 0 Å². The molecule has 1 fully saturated rings. The van der Waals surface area contributed by atoms with Crippen LogP contribution < -0.4 is 10.2 Å². The van der Waals surface area contributed by atoms with Gasteiger partial charge in [0.1, 0.15) is 0 Å². The quantitative estimate of drug-likeness (QED) is 0.574. The summed E-state index contributed by atoms with van der Waals surface area (Å²) < 4.78 is 27.5. The molecule has 1 N–H and O–H groups in total. The van der Waals surface area contributed by atoms with E-state index in [1.54, 1.807) is 12.1 Å². The number of hydrogen-bond donors (Lipinski definition) is 1. The smallest absolute Gasteiger partial charge is 0.272 e. The van der Waals surface area contributed by atoms with E-state index in [9.17, 15) is 13.2 Å². The number of rotatable bonds is 5. The Labute approximate surface area is 191 Å². The summed E-state index contributed by atoms with van der Waals surface area (Å²) in [6.45, 7) is 7.91. The Morgan fingerprint density at radius 2 is 1.62 bits per heavy atom. The first-order valence-corrected chi connectivity index (χ1v) is 12.5. The maximum Gasteiger partial charge on any atom is 0.272 e. The van der Waals surface area contributed by atoms with E-state index in [-0.39, 0.29) is 15.4 Å². The minimum absolute atomic E-state index is 0.113. The molecule has 0 spiro atoms. The number of aryl methyl sites for hydroxylation is 2. The van der Waals surface area contributed by atoms with E-state index in [1.165, 1.54) is 15.4 Å². The van der Waals surface area contributed by atoms with Crippen LogP contribution in [0.2, 0.25) is 0 Å². The van der Waals surface area contributed by atoms with Crippen molar-refractivity contribution in [3.05, 3.63) is 64.7 Å². The van der Waals surface area contributed by atoms with Gasteiger partial charge in [0.15, 0.2) is 0 Å². The number of carbonyl (C=O) groups excluding carboxylic acids is 1. The Morgan fingerprint density at radius 1 is 0.938 bits per heavy atom. The van der Waals surface area contributed by atoms with Crippen LogP contribution in [0.25, 0.3) is 0 Å². The fraction of sp³-hybridized carbons (Fsp3) is 0.318. The summed E-state index contributed by atoms with van der Waals surface area (Å²) in [6.07, 6.45) is 0. The number of anilines is 2. The van der Waals surface area contributed by atoms with Crippen molar-refractivity contribution in [1.29, 1.82) is 0 Å². The van der Waals surface area contributed by atoms with Gasteiger partial charge in [0.2, 0.25) is 9.47 Å². The largest absolute Gasteiger partial charge is 0.369 e. The number of carbonyl (C=O) groups is 1. The van der Waals surface area contributed by atoms with Gasteiger partial charge in [0.05, 0.1) is 0 Å². The average molecular weight is 472 g/mol. The lowest BCUT2D eigenvalue weighted by molar-refractivity contribution is 0.102. The molecule has 0 atom stereocenters. The number of nitrogens with zero attached hydrogens (tertiary/aromatic N) is 4. The van der Waals surface area contributed by atoms with E-state index in [4.69, 9.17) is 0 Å². The molecule has 3 aromatic rings. The number of amides is 1. The van der Waals surface area contributed by atoms with Crippen LogP contribution in [0, 0.1) is 20.8 Å². The topological polar surface area (TPSA) is 95.5 Å². The molecule has 1 aliphatic heterocycles. The second-order valence-electron chi connectivity index (χ2n) is 7.75. The van der Waals surface area contributed by atoms with Crippen LogP contribution in [0.1, 0.15) is 27.0 Å². The first-order valence-electron chi connectivity index (χ1n) is 10.3. The average Bonchev–Trinajstić information content (AvgIpc) is 3.25. The van der Waals surface area contributed by atoms with Gasteiger partial charge in [-0.15, -0.1) is 10.2 Å². The minimum atomic E-state index is -3.77. The van der Waals surface area contributed by atoms with Crippen molar-refractivity contribution in [3.63, 3.8) is 0 Å². The zero-order valence-electron chi connectivity index (χ0n) is 18.2. The molecule has 0 radical (unpaired) electrons. The highest BCUT2D eigenvalue weighted by Gasteiger charge is 2.32. The van der Waals surface area contributed by atoms with Crippen molar-refractivity contribution >= 4 is 38.1 Å². The van der Waals surface area contributed by atoms with Gasteiger partial charge in [-0.2, -0.15) is 4.31 Å². The molecule has 8 nitrogen and oxygen atoms in total. The number of benzene rings is 2. The standard InChI is InChI=1S/C22H25N5O3S2/c1-15-8-6-10-19(17(15)3)26-11-13-27(14-12-26)32(29,30)22-25-24-21(31-22)23-20(28)18-9-5-4-7-16(18)2/h4-10H,11-14H2,1-3H3,(H,23,24,28). The Balaban J connectivity index is 1.44.